The Morgan fingerprint density at radius 3 is 2.65 bits per heavy atom. The number of carbonyl (C=O) groups is 1. The molecule has 0 spiro atoms. The molecular weight excluding hydrogens is 446 g/mol. The van der Waals surface area contributed by atoms with Crippen LogP contribution in [-0.2, 0) is 21.4 Å². The average Bonchev–Trinajstić information content (AvgIpc) is 2.98. The van der Waals surface area contributed by atoms with E-state index in [1.165, 1.54) is 6.33 Å². The minimum Gasteiger partial charge on any atom is -0.444 e. The summed E-state index contributed by atoms with van der Waals surface area (Å²) in [7, 11) is -3.67. The Morgan fingerprint density at radius 2 is 2.06 bits per heavy atom. The van der Waals surface area contributed by atoms with Crippen LogP contribution in [-0.4, -0.2) is 69.9 Å². The molecule has 1 amide bonds. The van der Waals surface area contributed by atoms with E-state index < -0.39 is 15.7 Å². The molecular formula is C19H30ClN5O5S. The predicted molar refractivity (Wildman–Crippen MR) is 119 cm³/mol. The highest BCUT2D eigenvalue weighted by molar-refractivity contribution is 7.85. The molecule has 10 nitrogen and oxygen atoms in total. The molecule has 3 rings (SSSR count). The summed E-state index contributed by atoms with van der Waals surface area (Å²) in [6, 6.07) is 0.121. The molecule has 12 heteroatoms. The van der Waals surface area contributed by atoms with Crippen molar-refractivity contribution in [3.8, 4) is 0 Å². The Kier molecular flexibility index (Phi) is 8.26. The third kappa shape index (κ3) is 8.60. The summed E-state index contributed by atoms with van der Waals surface area (Å²) in [5, 5.41) is 4.37. The summed E-state index contributed by atoms with van der Waals surface area (Å²) in [5.74, 6) is 0.327. The van der Waals surface area contributed by atoms with Gasteiger partial charge in [-0.1, -0.05) is 18.5 Å². The molecule has 2 aromatic heterocycles. The molecule has 2 aromatic rings. The molecule has 1 aliphatic heterocycles. The Bertz CT molecular complexity index is 997. The first-order valence-electron chi connectivity index (χ1n) is 9.83. The minimum absolute atomic E-state index is 0.121. The van der Waals surface area contributed by atoms with E-state index in [0.29, 0.717) is 17.3 Å². The van der Waals surface area contributed by atoms with Gasteiger partial charge in [-0.15, -0.1) is 0 Å². The number of amides is 1. The highest BCUT2D eigenvalue weighted by atomic mass is 35.5. The molecule has 2 unspecified atom stereocenters. The van der Waals surface area contributed by atoms with Gasteiger partial charge in [0.2, 0.25) is 0 Å². The van der Waals surface area contributed by atoms with Crippen LogP contribution < -0.4 is 5.32 Å². The van der Waals surface area contributed by atoms with E-state index in [0.717, 1.165) is 42.7 Å². The molecule has 0 aromatic carbocycles. The van der Waals surface area contributed by atoms with Gasteiger partial charge in [0.15, 0.2) is 0 Å². The molecule has 2 atom stereocenters. The lowest BCUT2D eigenvalue weighted by Crippen LogP contribution is -2.50. The number of carbonyl (C=O) groups excluding carboxylic acids is 1. The third-order valence-corrected chi connectivity index (χ3v) is 4.88. The van der Waals surface area contributed by atoms with Crippen LogP contribution in [0.3, 0.4) is 0 Å². The summed E-state index contributed by atoms with van der Waals surface area (Å²) in [4.78, 5) is 25.8. The van der Waals surface area contributed by atoms with Crippen molar-refractivity contribution >= 4 is 38.8 Å². The number of aromatic amines is 1. The number of rotatable bonds is 3. The van der Waals surface area contributed by atoms with Crippen molar-refractivity contribution in [1.82, 2.24) is 25.2 Å². The van der Waals surface area contributed by atoms with Gasteiger partial charge >= 0.3 is 6.09 Å². The number of aromatic nitrogens is 3. The second-order valence-electron chi connectivity index (χ2n) is 8.69. The van der Waals surface area contributed by atoms with Crippen molar-refractivity contribution in [2.45, 2.75) is 52.3 Å². The first-order valence-corrected chi connectivity index (χ1v) is 12.1. The van der Waals surface area contributed by atoms with Crippen LogP contribution in [0.25, 0.3) is 11.0 Å². The second kappa shape index (κ2) is 10.1. The normalized spacial score (nSPS) is 20.1. The zero-order valence-electron chi connectivity index (χ0n) is 18.3. The van der Waals surface area contributed by atoms with E-state index >= 15 is 0 Å². The third-order valence-electron chi connectivity index (χ3n) is 4.59. The van der Waals surface area contributed by atoms with Gasteiger partial charge in [-0.2, -0.15) is 8.42 Å². The highest BCUT2D eigenvalue weighted by Gasteiger charge is 2.29. The van der Waals surface area contributed by atoms with Crippen molar-refractivity contribution in [3.05, 3.63) is 23.2 Å². The predicted octanol–water partition coefficient (Wildman–Crippen LogP) is 2.85. The topological polar surface area (TPSA) is 138 Å². The molecule has 3 heterocycles. The molecule has 0 bridgehead atoms. The van der Waals surface area contributed by atoms with Gasteiger partial charge in [0.25, 0.3) is 10.1 Å². The molecule has 1 aliphatic rings. The number of piperidine rings is 1. The van der Waals surface area contributed by atoms with E-state index in [4.69, 9.17) is 20.9 Å². The van der Waals surface area contributed by atoms with E-state index in [-0.39, 0.29) is 12.1 Å². The fourth-order valence-electron chi connectivity index (χ4n) is 3.40. The van der Waals surface area contributed by atoms with Crippen LogP contribution in [0, 0.1) is 5.92 Å². The lowest BCUT2D eigenvalue weighted by Gasteiger charge is -2.37. The highest BCUT2D eigenvalue weighted by Crippen LogP contribution is 2.26. The number of hydrogen-bond acceptors (Lipinski definition) is 7. The van der Waals surface area contributed by atoms with Gasteiger partial charge in [-0.25, -0.2) is 14.8 Å². The van der Waals surface area contributed by atoms with Gasteiger partial charge in [-0.05, 0) is 38.7 Å². The van der Waals surface area contributed by atoms with Crippen LogP contribution in [0.1, 0.15) is 39.7 Å². The van der Waals surface area contributed by atoms with Crippen LogP contribution in [0.2, 0.25) is 5.15 Å². The van der Waals surface area contributed by atoms with Crippen molar-refractivity contribution in [1.29, 1.82) is 0 Å². The number of fused-ring (bicyclic) bond motifs is 1. The summed E-state index contributed by atoms with van der Waals surface area (Å²) in [5.41, 5.74) is 1.37. The maximum Gasteiger partial charge on any atom is 0.407 e. The molecule has 3 N–H and O–H groups in total. The fourth-order valence-corrected chi connectivity index (χ4v) is 3.65. The van der Waals surface area contributed by atoms with Gasteiger partial charge in [0, 0.05) is 31.9 Å². The molecule has 0 aliphatic carbocycles. The molecule has 174 valence electrons. The maximum absolute atomic E-state index is 12.0. The van der Waals surface area contributed by atoms with E-state index in [2.05, 4.69) is 32.1 Å². The largest absolute Gasteiger partial charge is 0.444 e. The molecule has 0 radical (unpaired) electrons. The van der Waals surface area contributed by atoms with Gasteiger partial charge in [-0.3, -0.25) is 9.45 Å². The number of halogens is 1. The summed E-state index contributed by atoms with van der Waals surface area (Å²) < 4.78 is 31.2. The number of H-pyrrole nitrogens is 1. The summed E-state index contributed by atoms with van der Waals surface area (Å²) in [6.07, 6.45) is 4.66. The maximum atomic E-state index is 12.0. The Hall–Kier alpha value is -1.95. The number of hydrogen-bond donors (Lipinski definition) is 3. The monoisotopic (exact) mass is 475 g/mol. The molecule has 0 saturated carbocycles. The average molecular weight is 476 g/mol. The Morgan fingerprint density at radius 1 is 1.42 bits per heavy atom. The lowest BCUT2D eigenvalue weighted by molar-refractivity contribution is 0.0440. The van der Waals surface area contributed by atoms with Gasteiger partial charge in [0.05, 0.1) is 11.6 Å². The summed E-state index contributed by atoms with van der Waals surface area (Å²) in [6.45, 7) is 10.3. The fraction of sp³-hybridized carbons (Fsp3) is 0.632. The zero-order chi connectivity index (χ0) is 23.4. The number of likely N-dealkylation sites (tertiary alicyclic amines) is 1. The van der Waals surface area contributed by atoms with Crippen LogP contribution >= 0.6 is 11.6 Å². The second-order valence-corrected chi connectivity index (χ2v) is 10.5. The number of nitrogens with zero attached hydrogens (tertiary/aromatic N) is 3. The van der Waals surface area contributed by atoms with E-state index in [1.807, 2.05) is 27.0 Å². The molecule has 1 saturated heterocycles. The molecule has 31 heavy (non-hydrogen) atoms. The quantitative estimate of drug-likeness (QED) is 0.455. The SMILES string of the molecule is CC1CN(Cc2c[nH]c3ncnc(Cl)c23)CCC1NC(=O)OC(C)(C)C.CS(=O)(=O)O. The van der Waals surface area contributed by atoms with Gasteiger partial charge < -0.3 is 15.0 Å². The van der Waals surface area contributed by atoms with Crippen LogP contribution in [0.15, 0.2) is 12.5 Å². The van der Waals surface area contributed by atoms with E-state index in [9.17, 15) is 13.2 Å². The van der Waals surface area contributed by atoms with E-state index in [1.54, 1.807) is 0 Å². The first-order chi connectivity index (χ1) is 14.2. The minimum atomic E-state index is -3.67. The summed E-state index contributed by atoms with van der Waals surface area (Å²) >= 11 is 6.23. The first kappa shape index (κ1) is 25.3. The molecule has 1 fully saturated rings. The van der Waals surface area contributed by atoms with Gasteiger partial charge in [0.1, 0.15) is 22.7 Å². The van der Waals surface area contributed by atoms with Crippen LogP contribution in [0.5, 0.6) is 0 Å². The van der Waals surface area contributed by atoms with Crippen LogP contribution in [0.4, 0.5) is 4.79 Å². The zero-order valence-corrected chi connectivity index (χ0v) is 19.9. The Balaban J connectivity index is 0.000000614. The van der Waals surface area contributed by atoms with Crippen molar-refractivity contribution in [2.24, 2.45) is 5.92 Å². The standard InChI is InChI=1S/C18H26ClN5O2.CH4O3S/c1-11-8-24(6-5-13(11)23-17(25)26-18(2,3)4)9-12-7-20-16-14(12)15(19)21-10-22-16;1-5(2,3)4/h7,10-11,13H,5-6,8-9H2,1-4H3,(H,23,25)(H,20,21,22);1H3,(H,2,3,4). The number of ether oxygens (including phenoxy) is 1. The lowest BCUT2D eigenvalue weighted by atomic mass is 9.93. The number of nitrogens with one attached hydrogen (secondary N) is 2. The van der Waals surface area contributed by atoms with Crippen molar-refractivity contribution in [3.63, 3.8) is 0 Å². The smallest absolute Gasteiger partial charge is 0.407 e. The van der Waals surface area contributed by atoms with Crippen molar-refractivity contribution in [2.75, 3.05) is 19.3 Å². The Labute approximate surface area is 187 Å². The van der Waals surface area contributed by atoms with Crippen molar-refractivity contribution < 1.29 is 22.5 Å². The number of alkyl carbamates (subject to hydrolysis) is 1.